The van der Waals surface area contributed by atoms with Crippen LogP contribution < -0.4 is 0 Å². The van der Waals surface area contributed by atoms with Gasteiger partial charge in [0.2, 0.25) is 0 Å². The standard InChI is InChI=1S/C18H27F2NO2S/c1-5-13(16-12(2)14(10-24-16)17(22)23-4)15-8-6-7-9-21(15)11-18(3,19)20/h10,13,15H,5-9,11H2,1-4H3. The Morgan fingerprint density at radius 1 is 1.50 bits per heavy atom. The largest absolute Gasteiger partial charge is 0.465 e. The van der Waals surface area contributed by atoms with Crippen LogP contribution in [0.15, 0.2) is 5.38 Å². The molecule has 136 valence electrons. The summed E-state index contributed by atoms with van der Waals surface area (Å²) in [5.41, 5.74) is 1.53. The first-order valence-electron chi connectivity index (χ1n) is 8.56. The second-order valence-electron chi connectivity index (χ2n) is 6.75. The first kappa shape index (κ1) is 19.3. The van der Waals surface area contributed by atoms with Gasteiger partial charge in [0.1, 0.15) is 0 Å². The summed E-state index contributed by atoms with van der Waals surface area (Å²) in [4.78, 5) is 14.9. The lowest BCUT2D eigenvalue weighted by Crippen LogP contribution is -2.47. The maximum absolute atomic E-state index is 13.6. The van der Waals surface area contributed by atoms with Crippen molar-refractivity contribution < 1.29 is 18.3 Å². The van der Waals surface area contributed by atoms with Crippen LogP contribution in [0.2, 0.25) is 0 Å². The third kappa shape index (κ3) is 4.33. The van der Waals surface area contributed by atoms with E-state index >= 15 is 0 Å². The second-order valence-corrected chi connectivity index (χ2v) is 7.66. The molecule has 2 unspecified atom stereocenters. The summed E-state index contributed by atoms with van der Waals surface area (Å²) < 4.78 is 32.0. The molecule has 0 N–H and O–H groups in total. The third-order valence-corrected chi connectivity index (χ3v) is 6.09. The molecule has 2 heterocycles. The van der Waals surface area contributed by atoms with Crippen LogP contribution in [0.5, 0.6) is 0 Å². The van der Waals surface area contributed by atoms with Gasteiger partial charge in [0, 0.05) is 29.1 Å². The van der Waals surface area contributed by atoms with E-state index in [0.29, 0.717) is 5.56 Å². The van der Waals surface area contributed by atoms with Crippen LogP contribution in [0, 0.1) is 6.92 Å². The van der Waals surface area contributed by atoms with E-state index in [1.165, 1.54) is 7.11 Å². The predicted octanol–water partition coefficient (Wildman–Crippen LogP) is 4.85. The lowest BCUT2D eigenvalue weighted by Gasteiger charge is -2.41. The molecule has 0 aliphatic carbocycles. The average Bonchev–Trinajstić information content (AvgIpc) is 2.89. The van der Waals surface area contributed by atoms with Crippen LogP contribution in [0.3, 0.4) is 0 Å². The molecule has 1 aromatic rings. The highest BCUT2D eigenvalue weighted by molar-refractivity contribution is 7.10. The monoisotopic (exact) mass is 359 g/mol. The summed E-state index contributed by atoms with van der Waals surface area (Å²) >= 11 is 1.55. The van der Waals surface area contributed by atoms with E-state index in [9.17, 15) is 13.6 Å². The minimum absolute atomic E-state index is 0.109. The zero-order valence-electron chi connectivity index (χ0n) is 14.9. The van der Waals surface area contributed by atoms with Crippen molar-refractivity contribution in [1.82, 2.24) is 4.90 Å². The highest BCUT2D eigenvalue weighted by Crippen LogP contribution is 2.39. The summed E-state index contributed by atoms with van der Waals surface area (Å²) in [6.45, 7) is 5.55. The Bertz CT molecular complexity index is 568. The SMILES string of the molecule is CCC(c1scc(C(=O)OC)c1C)C1CCCCN1CC(C)(F)F. The van der Waals surface area contributed by atoms with E-state index in [2.05, 4.69) is 6.92 Å². The summed E-state index contributed by atoms with van der Waals surface area (Å²) in [6, 6.07) is 0.109. The van der Waals surface area contributed by atoms with E-state index in [1.807, 2.05) is 17.2 Å². The third-order valence-electron chi connectivity index (χ3n) is 4.87. The molecule has 1 aromatic heterocycles. The fourth-order valence-corrected chi connectivity index (χ4v) is 5.07. The molecule has 0 aromatic carbocycles. The maximum Gasteiger partial charge on any atom is 0.338 e. The molecular formula is C18H27F2NO2S. The normalized spacial score (nSPS) is 20.8. The van der Waals surface area contributed by atoms with Crippen molar-refractivity contribution in [3.63, 3.8) is 0 Å². The van der Waals surface area contributed by atoms with Crippen LogP contribution >= 0.6 is 11.3 Å². The van der Waals surface area contributed by atoms with Gasteiger partial charge < -0.3 is 4.74 Å². The number of methoxy groups -OCH3 is 1. The molecule has 0 radical (unpaired) electrons. The van der Waals surface area contributed by atoms with E-state index in [4.69, 9.17) is 4.74 Å². The summed E-state index contributed by atoms with van der Waals surface area (Å²) in [5, 5.41) is 1.83. The number of thiophene rings is 1. The second kappa shape index (κ2) is 7.91. The highest BCUT2D eigenvalue weighted by Gasteiger charge is 2.36. The number of esters is 1. The molecular weight excluding hydrogens is 332 g/mol. The Hall–Kier alpha value is -1.01. The summed E-state index contributed by atoms with van der Waals surface area (Å²) in [5.74, 6) is -2.84. The summed E-state index contributed by atoms with van der Waals surface area (Å²) in [6.07, 6.45) is 3.85. The molecule has 3 nitrogen and oxygen atoms in total. The molecule has 0 spiro atoms. The smallest absolute Gasteiger partial charge is 0.338 e. The molecule has 6 heteroatoms. The van der Waals surface area contributed by atoms with Gasteiger partial charge in [0.15, 0.2) is 0 Å². The van der Waals surface area contributed by atoms with Gasteiger partial charge in [-0.05, 0) is 38.3 Å². The average molecular weight is 359 g/mol. The lowest BCUT2D eigenvalue weighted by atomic mass is 9.85. The first-order valence-corrected chi connectivity index (χ1v) is 9.44. The van der Waals surface area contributed by atoms with E-state index in [1.54, 1.807) is 11.3 Å². The van der Waals surface area contributed by atoms with Crippen molar-refractivity contribution in [1.29, 1.82) is 0 Å². The van der Waals surface area contributed by atoms with Gasteiger partial charge >= 0.3 is 5.97 Å². The van der Waals surface area contributed by atoms with Crippen LogP contribution in [0.4, 0.5) is 8.78 Å². The molecule has 1 aliphatic rings. The molecule has 0 bridgehead atoms. The Balaban J connectivity index is 2.28. The van der Waals surface area contributed by atoms with Gasteiger partial charge in [-0.3, -0.25) is 4.90 Å². The van der Waals surface area contributed by atoms with Gasteiger partial charge in [-0.2, -0.15) is 0 Å². The molecule has 0 amide bonds. The van der Waals surface area contributed by atoms with Crippen molar-refractivity contribution >= 4 is 17.3 Å². The Morgan fingerprint density at radius 2 is 2.21 bits per heavy atom. The molecule has 0 saturated carbocycles. The first-order chi connectivity index (χ1) is 11.3. The van der Waals surface area contributed by atoms with Gasteiger partial charge in [0.25, 0.3) is 5.92 Å². The number of rotatable bonds is 6. The Morgan fingerprint density at radius 3 is 2.79 bits per heavy atom. The number of carbonyl (C=O) groups excluding carboxylic acids is 1. The number of hydrogen-bond donors (Lipinski definition) is 0. The molecule has 24 heavy (non-hydrogen) atoms. The number of nitrogens with zero attached hydrogens (tertiary/aromatic N) is 1. The van der Waals surface area contributed by atoms with Crippen molar-refractivity contribution in [3.8, 4) is 0 Å². The van der Waals surface area contributed by atoms with Crippen molar-refractivity contribution in [3.05, 3.63) is 21.4 Å². The van der Waals surface area contributed by atoms with E-state index in [0.717, 1.165) is 49.6 Å². The van der Waals surface area contributed by atoms with Crippen LogP contribution in [-0.2, 0) is 4.74 Å². The van der Waals surface area contributed by atoms with E-state index in [-0.39, 0.29) is 24.5 Å². The van der Waals surface area contributed by atoms with Gasteiger partial charge in [-0.1, -0.05) is 13.3 Å². The fourth-order valence-electron chi connectivity index (χ4n) is 3.77. The van der Waals surface area contributed by atoms with Crippen LogP contribution in [-0.4, -0.2) is 43.0 Å². The van der Waals surface area contributed by atoms with Gasteiger partial charge in [-0.25, -0.2) is 13.6 Å². The van der Waals surface area contributed by atoms with Crippen LogP contribution in [0.1, 0.15) is 66.2 Å². The van der Waals surface area contributed by atoms with Crippen molar-refractivity contribution in [2.45, 2.75) is 64.3 Å². The lowest BCUT2D eigenvalue weighted by molar-refractivity contribution is -0.0372. The zero-order valence-corrected chi connectivity index (χ0v) is 15.7. The number of piperidine rings is 1. The number of alkyl halides is 2. The summed E-state index contributed by atoms with van der Waals surface area (Å²) in [7, 11) is 1.38. The topological polar surface area (TPSA) is 29.5 Å². The number of carbonyl (C=O) groups is 1. The minimum atomic E-state index is -2.68. The molecule has 1 saturated heterocycles. The van der Waals surface area contributed by atoms with Crippen molar-refractivity contribution in [2.24, 2.45) is 0 Å². The molecule has 1 fully saturated rings. The Kier molecular flexibility index (Phi) is 6.37. The number of likely N-dealkylation sites (tertiary alicyclic amines) is 1. The number of ether oxygens (including phenoxy) is 1. The van der Waals surface area contributed by atoms with Crippen molar-refractivity contribution in [2.75, 3.05) is 20.2 Å². The predicted molar refractivity (Wildman–Crippen MR) is 93.3 cm³/mol. The zero-order chi connectivity index (χ0) is 17.9. The molecule has 2 rings (SSSR count). The molecule has 1 aliphatic heterocycles. The number of halogens is 2. The maximum atomic E-state index is 13.6. The van der Waals surface area contributed by atoms with E-state index < -0.39 is 5.92 Å². The number of hydrogen-bond acceptors (Lipinski definition) is 4. The highest BCUT2D eigenvalue weighted by atomic mass is 32.1. The Labute approximate surface area is 147 Å². The quantitative estimate of drug-likeness (QED) is 0.680. The van der Waals surface area contributed by atoms with Gasteiger partial charge in [0.05, 0.1) is 19.2 Å². The fraction of sp³-hybridized carbons (Fsp3) is 0.722. The van der Waals surface area contributed by atoms with Gasteiger partial charge in [-0.15, -0.1) is 11.3 Å². The van der Waals surface area contributed by atoms with Crippen LogP contribution in [0.25, 0.3) is 0 Å². The molecule has 2 atom stereocenters. The minimum Gasteiger partial charge on any atom is -0.465 e.